The maximum Gasteiger partial charge on any atom is 0.397 e. The molecule has 1 rings (SSSR count). The molecule has 0 fully saturated rings. The smallest absolute Gasteiger partial charge is 0.397 e. The lowest BCUT2D eigenvalue weighted by atomic mass is 9.82. The molecule has 0 radical (unpaired) electrons. The quantitative estimate of drug-likeness (QED) is 0.800. The van der Waals surface area contributed by atoms with Crippen molar-refractivity contribution in [1.29, 1.82) is 0 Å². The molecule has 0 bridgehead atoms. The van der Waals surface area contributed by atoms with Crippen LogP contribution in [0.25, 0.3) is 0 Å². The molecular weight excluding hydrogens is 309 g/mol. The minimum atomic E-state index is -4.35. The minimum Gasteiger partial charge on any atom is -0.508 e. The molecule has 0 saturated carbocycles. The Labute approximate surface area is 113 Å². The molecule has 1 N–H and O–H groups in total. The fourth-order valence-corrected chi connectivity index (χ4v) is 2.50. The molecular formula is C13H16BrF3O. The SMILES string of the molecule is CC(C)c1cc(C(C)(C)C(F)(F)F)c(Br)cc1O. The van der Waals surface area contributed by atoms with Crippen molar-refractivity contribution < 1.29 is 18.3 Å². The summed E-state index contributed by atoms with van der Waals surface area (Å²) in [5.74, 6) is -0.0283. The van der Waals surface area contributed by atoms with Crippen LogP contribution in [0, 0.1) is 0 Å². The van der Waals surface area contributed by atoms with Crippen molar-refractivity contribution in [2.75, 3.05) is 0 Å². The number of alkyl halides is 3. The number of phenolic OH excluding ortho intramolecular Hbond substituents is 1. The van der Waals surface area contributed by atoms with Crippen LogP contribution in [-0.2, 0) is 5.41 Å². The average Bonchev–Trinajstić information content (AvgIpc) is 2.14. The number of aromatic hydroxyl groups is 1. The molecule has 1 nitrogen and oxygen atoms in total. The van der Waals surface area contributed by atoms with E-state index in [-0.39, 0.29) is 21.7 Å². The Balaban J connectivity index is 3.47. The Morgan fingerprint density at radius 2 is 1.67 bits per heavy atom. The molecule has 0 amide bonds. The molecule has 0 aromatic heterocycles. The highest BCUT2D eigenvalue weighted by atomic mass is 79.9. The fourth-order valence-electron chi connectivity index (χ4n) is 1.67. The van der Waals surface area contributed by atoms with E-state index in [1.54, 1.807) is 0 Å². The predicted molar refractivity (Wildman–Crippen MR) is 69.0 cm³/mol. The fraction of sp³-hybridized carbons (Fsp3) is 0.538. The van der Waals surface area contributed by atoms with Crippen molar-refractivity contribution >= 4 is 15.9 Å². The highest BCUT2D eigenvalue weighted by Crippen LogP contribution is 2.45. The molecule has 0 saturated heterocycles. The lowest BCUT2D eigenvalue weighted by Gasteiger charge is -2.30. The molecule has 102 valence electrons. The molecule has 0 unspecified atom stereocenters. The molecule has 1 aromatic rings. The summed E-state index contributed by atoms with van der Waals surface area (Å²) in [6.45, 7) is 5.92. The van der Waals surface area contributed by atoms with Gasteiger partial charge < -0.3 is 5.11 Å². The van der Waals surface area contributed by atoms with Crippen LogP contribution in [0.4, 0.5) is 13.2 Å². The van der Waals surface area contributed by atoms with E-state index in [2.05, 4.69) is 15.9 Å². The van der Waals surface area contributed by atoms with Gasteiger partial charge in [0.15, 0.2) is 0 Å². The summed E-state index contributed by atoms with van der Waals surface area (Å²) in [6, 6.07) is 2.76. The number of halogens is 4. The van der Waals surface area contributed by atoms with Gasteiger partial charge in [-0.3, -0.25) is 0 Å². The zero-order chi connectivity index (χ0) is 14.3. The first-order valence-corrected chi connectivity index (χ1v) is 6.37. The van der Waals surface area contributed by atoms with Crippen LogP contribution in [0.3, 0.4) is 0 Å². The maximum absolute atomic E-state index is 13.0. The van der Waals surface area contributed by atoms with Gasteiger partial charge in [-0.2, -0.15) is 13.2 Å². The Bertz CT molecular complexity index is 450. The van der Waals surface area contributed by atoms with Crippen LogP contribution in [0.2, 0.25) is 0 Å². The molecule has 0 spiro atoms. The van der Waals surface area contributed by atoms with Gasteiger partial charge in [-0.1, -0.05) is 29.8 Å². The van der Waals surface area contributed by atoms with Gasteiger partial charge in [0, 0.05) is 4.47 Å². The lowest BCUT2D eigenvalue weighted by Crippen LogP contribution is -2.36. The minimum absolute atomic E-state index is 0.0126. The van der Waals surface area contributed by atoms with Crippen molar-refractivity contribution in [2.45, 2.75) is 45.2 Å². The van der Waals surface area contributed by atoms with Crippen molar-refractivity contribution in [3.05, 3.63) is 27.7 Å². The highest BCUT2D eigenvalue weighted by molar-refractivity contribution is 9.10. The summed E-state index contributed by atoms with van der Waals surface area (Å²) in [5.41, 5.74) is -1.31. The first-order chi connectivity index (χ1) is 7.98. The third-order valence-electron chi connectivity index (χ3n) is 3.12. The Hall–Kier alpha value is -0.710. The van der Waals surface area contributed by atoms with Crippen LogP contribution < -0.4 is 0 Å². The zero-order valence-electron chi connectivity index (χ0n) is 10.7. The van der Waals surface area contributed by atoms with E-state index in [9.17, 15) is 18.3 Å². The van der Waals surface area contributed by atoms with Crippen LogP contribution in [-0.4, -0.2) is 11.3 Å². The largest absolute Gasteiger partial charge is 0.508 e. The second-order valence-electron chi connectivity index (χ2n) is 5.17. The van der Waals surface area contributed by atoms with Gasteiger partial charge >= 0.3 is 6.18 Å². The van der Waals surface area contributed by atoms with Crippen LogP contribution in [0.5, 0.6) is 5.75 Å². The van der Waals surface area contributed by atoms with Gasteiger partial charge in [0.2, 0.25) is 0 Å². The maximum atomic E-state index is 13.0. The van der Waals surface area contributed by atoms with Crippen molar-refractivity contribution in [1.82, 2.24) is 0 Å². The third-order valence-corrected chi connectivity index (χ3v) is 3.78. The molecule has 0 aliphatic rings. The number of phenols is 1. The van der Waals surface area contributed by atoms with Gasteiger partial charge in [0.25, 0.3) is 0 Å². The first kappa shape index (κ1) is 15.3. The van der Waals surface area contributed by atoms with Gasteiger partial charge in [0.05, 0.1) is 5.41 Å². The molecule has 5 heteroatoms. The summed E-state index contributed by atoms with van der Waals surface area (Å²) < 4.78 is 39.4. The number of hydrogen-bond acceptors (Lipinski definition) is 1. The van der Waals surface area contributed by atoms with Crippen LogP contribution in [0.1, 0.15) is 44.7 Å². The van der Waals surface area contributed by atoms with E-state index < -0.39 is 11.6 Å². The summed E-state index contributed by atoms with van der Waals surface area (Å²) in [4.78, 5) is 0. The van der Waals surface area contributed by atoms with E-state index in [1.165, 1.54) is 12.1 Å². The van der Waals surface area contributed by atoms with E-state index in [0.29, 0.717) is 5.56 Å². The van der Waals surface area contributed by atoms with Gasteiger partial charge in [-0.15, -0.1) is 0 Å². The molecule has 18 heavy (non-hydrogen) atoms. The van der Waals surface area contributed by atoms with Crippen molar-refractivity contribution in [3.63, 3.8) is 0 Å². The van der Waals surface area contributed by atoms with E-state index in [0.717, 1.165) is 13.8 Å². The second kappa shape index (κ2) is 4.76. The molecule has 0 aliphatic carbocycles. The molecule has 0 aliphatic heterocycles. The van der Waals surface area contributed by atoms with Crippen molar-refractivity contribution in [3.8, 4) is 5.75 Å². The predicted octanol–water partition coefficient (Wildman–Crippen LogP) is 5.12. The van der Waals surface area contributed by atoms with E-state index in [1.807, 2.05) is 13.8 Å². The standard InChI is InChI=1S/C13H16BrF3O/c1-7(2)8-5-9(10(14)6-11(8)18)12(3,4)13(15,16)17/h5-7,18H,1-4H3. The van der Waals surface area contributed by atoms with Crippen LogP contribution in [0.15, 0.2) is 16.6 Å². The third kappa shape index (κ3) is 2.66. The van der Waals surface area contributed by atoms with E-state index in [4.69, 9.17) is 0 Å². The summed E-state index contributed by atoms with van der Waals surface area (Å²) >= 11 is 3.10. The number of rotatable bonds is 2. The van der Waals surface area contributed by atoms with Gasteiger partial charge in [-0.05, 0) is 43.0 Å². The summed E-state index contributed by atoms with van der Waals surface area (Å²) in [7, 11) is 0. The normalized spacial score (nSPS) is 13.2. The zero-order valence-corrected chi connectivity index (χ0v) is 12.3. The van der Waals surface area contributed by atoms with E-state index >= 15 is 0 Å². The highest BCUT2D eigenvalue weighted by Gasteiger charge is 2.49. The Morgan fingerprint density at radius 1 is 1.17 bits per heavy atom. The average molecular weight is 325 g/mol. The molecule has 0 heterocycles. The van der Waals surface area contributed by atoms with Crippen molar-refractivity contribution in [2.24, 2.45) is 0 Å². The second-order valence-corrected chi connectivity index (χ2v) is 6.02. The molecule has 0 atom stereocenters. The topological polar surface area (TPSA) is 20.2 Å². The lowest BCUT2D eigenvalue weighted by molar-refractivity contribution is -0.180. The summed E-state index contributed by atoms with van der Waals surface area (Å²) in [6.07, 6.45) is -4.35. The monoisotopic (exact) mass is 324 g/mol. The number of hydrogen-bond donors (Lipinski definition) is 1. The van der Waals surface area contributed by atoms with Crippen LogP contribution >= 0.6 is 15.9 Å². The summed E-state index contributed by atoms with van der Waals surface area (Å²) in [5, 5.41) is 9.74. The van der Waals surface area contributed by atoms with Gasteiger partial charge in [0.1, 0.15) is 5.75 Å². The Kier molecular flexibility index (Phi) is 4.06. The first-order valence-electron chi connectivity index (χ1n) is 5.58. The molecule has 1 aromatic carbocycles. The van der Waals surface area contributed by atoms with Gasteiger partial charge in [-0.25, -0.2) is 0 Å². The Morgan fingerprint density at radius 3 is 2.06 bits per heavy atom. The number of benzene rings is 1.